The highest BCUT2D eigenvalue weighted by Crippen LogP contribution is 2.25. The van der Waals surface area contributed by atoms with Crippen LogP contribution in [0.2, 0.25) is 0 Å². The molecule has 0 aliphatic carbocycles. The van der Waals surface area contributed by atoms with Crippen molar-refractivity contribution in [2.24, 2.45) is 5.10 Å². The lowest BCUT2D eigenvalue weighted by atomic mass is 10.2. The van der Waals surface area contributed by atoms with Gasteiger partial charge in [-0.3, -0.25) is 15.5 Å². The highest BCUT2D eigenvalue weighted by molar-refractivity contribution is 9.10. The lowest BCUT2D eigenvalue weighted by Crippen LogP contribution is -1.99. The van der Waals surface area contributed by atoms with Crippen LogP contribution >= 0.6 is 15.9 Å². The van der Waals surface area contributed by atoms with Gasteiger partial charge < -0.3 is 4.74 Å². The number of aromatic nitrogens is 1. The number of methoxy groups -OCH3 is 1. The summed E-state index contributed by atoms with van der Waals surface area (Å²) in [5.41, 5.74) is 3.23. The maximum atomic E-state index is 10.8. The predicted octanol–water partition coefficient (Wildman–Crippen LogP) is 3.21. The van der Waals surface area contributed by atoms with Crippen LogP contribution in [0.15, 0.2) is 46.1 Å². The number of halogens is 1. The van der Waals surface area contributed by atoms with Crippen LogP contribution in [0.4, 0.5) is 11.5 Å². The van der Waals surface area contributed by atoms with E-state index in [9.17, 15) is 10.1 Å². The van der Waals surface area contributed by atoms with Crippen molar-refractivity contribution in [3.05, 3.63) is 56.7 Å². The van der Waals surface area contributed by atoms with E-state index in [1.54, 1.807) is 13.2 Å². The second-order valence-electron chi connectivity index (χ2n) is 3.89. The summed E-state index contributed by atoms with van der Waals surface area (Å²) in [5.74, 6) is 0.798. The summed E-state index contributed by atoms with van der Waals surface area (Å²) in [7, 11) is 1.58. The molecule has 0 fully saturated rings. The summed E-state index contributed by atoms with van der Waals surface area (Å²) < 4.78 is 5.91. The zero-order chi connectivity index (χ0) is 15.2. The predicted molar refractivity (Wildman–Crippen MR) is 82.8 cm³/mol. The van der Waals surface area contributed by atoms with Crippen LogP contribution in [0.25, 0.3) is 0 Å². The van der Waals surface area contributed by atoms with Gasteiger partial charge in [-0.05, 0) is 45.8 Å². The van der Waals surface area contributed by atoms with E-state index in [4.69, 9.17) is 4.74 Å². The smallest absolute Gasteiger partial charge is 0.313 e. The van der Waals surface area contributed by atoms with Crippen molar-refractivity contribution < 1.29 is 9.66 Å². The Morgan fingerprint density at radius 3 is 2.95 bits per heavy atom. The van der Waals surface area contributed by atoms with Gasteiger partial charge in [-0.15, -0.1) is 0 Å². The lowest BCUT2D eigenvalue weighted by Gasteiger charge is -2.03. The number of pyridine rings is 1. The van der Waals surface area contributed by atoms with E-state index >= 15 is 0 Å². The number of ether oxygens (including phenoxy) is 1. The molecule has 108 valence electrons. The summed E-state index contributed by atoms with van der Waals surface area (Å²) in [6, 6.07) is 8.26. The van der Waals surface area contributed by atoms with Crippen LogP contribution < -0.4 is 10.2 Å². The van der Waals surface area contributed by atoms with Crippen LogP contribution in [-0.4, -0.2) is 23.2 Å². The Hall–Kier alpha value is -2.48. The fourth-order valence-corrected chi connectivity index (χ4v) is 2.12. The first-order valence-electron chi connectivity index (χ1n) is 5.84. The molecule has 0 saturated carbocycles. The molecule has 2 aromatic rings. The van der Waals surface area contributed by atoms with E-state index in [1.165, 1.54) is 24.5 Å². The number of rotatable bonds is 5. The van der Waals surface area contributed by atoms with E-state index in [0.29, 0.717) is 5.75 Å². The zero-order valence-electron chi connectivity index (χ0n) is 11.0. The molecule has 21 heavy (non-hydrogen) atoms. The molecule has 2 rings (SSSR count). The Morgan fingerprint density at radius 1 is 1.48 bits per heavy atom. The van der Waals surface area contributed by atoms with Crippen molar-refractivity contribution in [1.29, 1.82) is 0 Å². The molecule has 0 bridgehead atoms. The van der Waals surface area contributed by atoms with Crippen molar-refractivity contribution in [3.63, 3.8) is 0 Å². The molecule has 1 aromatic heterocycles. The van der Waals surface area contributed by atoms with Gasteiger partial charge in [0.2, 0.25) is 5.82 Å². The van der Waals surface area contributed by atoms with Gasteiger partial charge in [0.05, 0.1) is 22.7 Å². The van der Waals surface area contributed by atoms with Crippen molar-refractivity contribution >= 4 is 33.6 Å². The summed E-state index contributed by atoms with van der Waals surface area (Å²) >= 11 is 3.37. The Morgan fingerprint density at radius 2 is 2.29 bits per heavy atom. The largest absolute Gasteiger partial charge is 0.496 e. The molecule has 1 heterocycles. The van der Waals surface area contributed by atoms with Gasteiger partial charge in [0, 0.05) is 12.3 Å². The zero-order valence-corrected chi connectivity index (χ0v) is 12.6. The van der Waals surface area contributed by atoms with Crippen molar-refractivity contribution in [1.82, 2.24) is 4.98 Å². The van der Waals surface area contributed by atoms with E-state index in [0.717, 1.165) is 10.0 Å². The minimum atomic E-state index is -0.519. The highest BCUT2D eigenvalue weighted by atomic mass is 79.9. The Balaban J connectivity index is 2.13. The van der Waals surface area contributed by atoms with Gasteiger partial charge in [-0.25, -0.2) is 4.98 Å². The summed E-state index contributed by atoms with van der Waals surface area (Å²) in [4.78, 5) is 14.2. The normalized spacial score (nSPS) is 10.6. The molecule has 0 unspecified atom stereocenters. The van der Waals surface area contributed by atoms with E-state index in [-0.39, 0.29) is 11.5 Å². The van der Waals surface area contributed by atoms with Crippen molar-refractivity contribution in [2.75, 3.05) is 12.5 Å². The van der Waals surface area contributed by atoms with Crippen molar-refractivity contribution in [2.45, 2.75) is 0 Å². The summed E-state index contributed by atoms with van der Waals surface area (Å²) in [6.07, 6.45) is 2.98. The van der Waals surface area contributed by atoms with Gasteiger partial charge in [-0.1, -0.05) is 0 Å². The Bertz CT molecular complexity index is 691. The molecule has 0 aliphatic heterocycles. The number of nitrogens with zero attached hydrogens (tertiary/aromatic N) is 3. The molecule has 0 saturated heterocycles. The third-order valence-electron chi connectivity index (χ3n) is 2.54. The van der Waals surface area contributed by atoms with E-state index in [2.05, 4.69) is 31.4 Å². The quantitative estimate of drug-likeness (QED) is 0.508. The van der Waals surface area contributed by atoms with Crippen LogP contribution in [0.3, 0.4) is 0 Å². The molecule has 0 radical (unpaired) electrons. The van der Waals surface area contributed by atoms with Gasteiger partial charge in [-0.2, -0.15) is 5.10 Å². The first-order chi connectivity index (χ1) is 10.1. The number of nitrogens with one attached hydrogen (secondary N) is 1. The molecule has 7 nitrogen and oxygen atoms in total. The summed E-state index contributed by atoms with van der Waals surface area (Å²) in [6.45, 7) is 0. The first kappa shape index (κ1) is 14.9. The number of hydrazone groups is 1. The van der Waals surface area contributed by atoms with Gasteiger partial charge in [0.15, 0.2) is 0 Å². The van der Waals surface area contributed by atoms with Gasteiger partial charge in [0.25, 0.3) is 0 Å². The average molecular weight is 351 g/mol. The van der Waals surface area contributed by atoms with E-state index < -0.39 is 4.92 Å². The fraction of sp³-hybridized carbons (Fsp3) is 0.0769. The monoisotopic (exact) mass is 350 g/mol. The number of benzene rings is 1. The second kappa shape index (κ2) is 6.80. The molecular formula is C13H11BrN4O3. The number of hydrogen-bond acceptors (Lipinski definition) is 6. The third kappa shape index (κ3) is 3.76. The van der Waals surface area contributed by atoms with Crippen LogP contribution in [0, 0.1) is 10.1 Å². The standard InChI is InChI=1S/C13H11BrN4O3/c1-21-12-5-4-9(7-10(12)14)8-16-17-13-11(18(19)20)3-2-6-15-13/h2-8H,1H3,(H,15,17)/b16-8-. The van der Waals surface area contributed by atoms with Crippen LogP contribution in [-0.2, 0) is 0 Å². The molecule has 8 heteroatoms. The Labute approximate surface area is 128 Å². The minimum absolute atomic E-state index is 0.0892. The molecule has 0 atom stereocenters. The maximum Gasteiger partial charge on any atom is 0.313 e. The fourth-order valence-electron chi connectivity index (χ4n) is 1.56. The van der Waals surface area contributed by atoms with E-state index in [1.807, 2.05) is 12.1 Å². The molecule has 0 spiro atoms. The minimum Gasteiger partial charge on any atom is -0.496 e. The van der Waals surface area contributed by atoms with Gasteiger partial charge >= 0.3 is 5.69 Å². The van der Waals surface area contributed by atoms with Crippen molar-refractivity contribution in [3.8, 4) is 5.75 Å². The second-order valence-corrected chi connectivity index (χ2v) is 4.75. The van der Waals surface area contributed by atoms with Crippen LogP contribution in [0.5, 0.6) is 5.75 Å². The molecule has 0 amide bonds. The maximum absolute atomic E-state index is 10.8. The SMILES string of the molecule is COc1ccc(/C=N\Nc2ncccc2[N+](=O)[O-])cc1Br. The molecule has 1 N–H and O–H groups in total. The number of anilines is 1. The third-order valence-corrected chi connectivity index (χ3v) is 3.16. The topological polar surface area (TPSA) is 89.7 Å². The van der Waals surface area contributed by atoms with Gasteiger partial charge in [0.1, 0.15) is 5.75 Å². The van der Waals surface area contributed by atoms with Crippen LogP contribution in [0.1, 0.15) is 5.56 Å². The number of hydrogen-bond donors (Lipinski definition) is 1. The summed E-state index contributed by atoms with van der Waals surface area (Å²) in [5, 5.41) is 14.8. The molecular weight excluding hydrogens is 340 g/mol. The molecule has 0 aliphatic rings. The molecule has 1 aromatic carbocycles. The highest BCUT2D eigenvalue weighted by Gasteiger charge is 2.12. The lowest BCUT2D eigenvalue weighted by molar-refractivity contribution is -0.384. The first-order valence-corrected chi connectivity index (χ1v) is 6.63. The Kier molecular flexibility index (Phi) is 4.83. The average Bonchev–Trinajstić information content (AvgIpc) is 2.48. The number of nitro groups is 1.